The molecule has 0 fully saturated rings. The molecule has 0 saturated carbocycles. The third-order valence-electron chi connectivity index (χ3n) is 3.66. The number of fused-ring (bicyclic) bond motifs is 1. The van der Waals surface area contributed by atoms with Crippen LogP contribution in [0.1, 0.15) is 12.0 Å². The fourth-order valence-corrected chi connectivity index (χ4v) is 2.66. The molecule has 0 bridgehead atoms. The van der Waals surface area contributed by atoms with E-state index in [1.165, 1.54) is 12.7 Å². The summed E-state index contributed by atoms with van der Waals surface area (Å²) in [6.07, 6.45) is 3.55. The van der Waals surface area contributed by atoms with Crippen molar-refractivity contribution in [1.82, 2.24) is 0 Å². The average Bonchev–Trinajstić information content (AvgIpc) is 3.01. The second-order valence-electron chi connectivity index (χ2n) is 5.05. The highest BCUT2D eigenvalue weighted by Gasteiger charge is 2.19. The summed E-state index contributed by atoms with van der Waals surface area (Å²) < 4.78 is 4.63. The standard InChI is InChI=1S/C15H18N4O2/c1-21-15(20)18-12-5-4-11-3-2-8-19(13(11)9-12)10-14-16-6-7-17-14/h4-6,9H,2-3,7-8,10H2,1H3,(H,18,20). The van der Waals surface area contributed by atoms with E-state index in [9.17, 15) is 4.79 Å². The number of aliphatic imine (C=N–C) groups is 2. The van der Waals surface area contributed by atoms with Crippen LogP contribution in [0.15, 0.2) is 28.2 Å². The maximum absolute atomic E-state index is 11.3. The predicted molar refractivity (Wildman–Crippen MR) is 83.8 cm³/mol. The minimum atomic E-state index is -0.456. The van der Waals surface area contributed by atoms with Gasteiger partial charge in [-0.1, -0.05) is 6.07 Å². The van der Waals surface area contributed by atoms with Crippen LogP contribution in [-0.2, 0) is 11.2 Å². The van der Waals surface area contributed by atoms with E-state index < -0.39 is 6.09 Å². The molecule has 2 aliphatic rings. The van der Waals surface area contributed by atoms with Crippen molar-refractivity contribution in [2.45, 2.75) is 12.8 Å². The van der Waals surface area contributed by atoms with E-state index in [1.807, 2.05) is 18.3 Å². The molecule has 0 atom stereocenters. The molecule has 0 aliphatic carbocycles. The number of ether oxygens (including phenoxy) is 1. The fraction of sp³-hybridized carbons (Fsp3) is 0.400. The summed E-state index contributed by atoms with van der Waals surface area (Å²) in [6.45, 7) is 2.37. The highest BCUT2D eigenvalue weighted by Crippen LogP contribution is 2.30. The smallest absolute Gasteiger partial charge is 0.411 e. The SMILES string of the molecule is COC(=O)Nc1ccc2c(c1)N(CC1=NCC=N1)CCC2. The second kappa shape index (κ2) is 5.95. The summed E-state index contributed by atoms with van der Waals surface area (Å²) >= 11 is 0. The molecular formula is C15H18N4O2. The summed E-state index contributed by atoms with van der Waals surface area (Å²) in [5.74, 6) is 0.870. The maximum Gasteiger partial charge on any atom is 0.411 e. The van der Waals surface area contributed by atoms with Crippen molar-refractivity contribution in [3.8, 4) is 0 Å². The summed E-state index contributed by atoms with van der Waals surface area (Å²) in [6, 6.07) is 5.96. The summed E-state index contributed by atoms with van der Waals surface area (Å²) in [5.41, 5.74) is 3.17. The van der Waals surface area contributed by atoms with Gasteiger partial charge in [0.05, 0.1) is 20.2 Å². The molecule has 6 heteroatoms. The number of rotatable bonds is 3. The molecule has 0 radical (unpaired) electrons. The number of benzene rings is 1. The van der Waals surface area contributed by atoms with Gasteiger partial charge in [0.2, 0.25) is 0 Å². The Bertz CT molecular complexity index is 610. The van der Waals surface area contributed by atoms with Gasteiger partial charge in [0, 0.05) is 24.1 Å². The van der Waals surface area contributed by atoms with Crippen LogP contribution in [0.2, 0.25) is 0 Å². The largest absolute Gasteiger partial charge is 0.453 e. The lowest BCUT2D eigenvalue weighted by atomic mass is 10.0. The average molecular weight is 286 g/mol. The molecule has 2 aliphatic heterocycles. The van der Waals surface area contributed by atoms with Crippen LogP contribution in [0.5, 0.6) is 0 Å². The Labute approximate surface area is 123 Å². The van der Waals surface area contributed by atoms with E-state index >= 15 is 0 Å². The van der Waals surface area contributed by atoms with Crippen LogP contribution in [0.25, 0.3) is 0 Å². The molecule has 1 N–H and O–H groups in total. The number of hydrogen-bond donors (Lipinski definition) is 1. The van der Waals surface area contributed by atoms with E-state index in [0.717, 1.165) is 36.6 Å². The number of methoxy groups -OCH3 is 1. The van der Waals surface area contributed by atoms with Gasteiger partial charge in [0.1, 0.15) is 5.84 Å². The van der Waals surface area contributed by atoms with Gasteiger partial charge >= 0.3 is 6.09 Å². The van der Waals surface area contributed by atoms with Crippen molar-refractivity contribution in [2.24, 2.45) is 9.98 Å². The molecule has 3 rings (SSSR count). The number of anilines is 2. The monoisotopic (exact) mass is 286 g/mol. The van der Waals surface area contributed by atoms with Gasteiger partial charge < -0.3 is 9.64 Å². The first-order chi connectivity index (χ1) is 10.3. The van der Waals surface area contributed by atoms with Crippen molar-refractivity contribution in [3.63, 3.8) is 0 Å². The number of nitrogens with one attached hydrogen (secondary N) is 1. The van der Waals surface area contributed by atoms with Crippen molar-refractivity contribution in [3.05, 3.63) is 23.8 Å². The third kappa shape index (κ3) is 3.04. The Kier molecular flexibility index (Phi) is 3.85. The van der Waals surface area contributed by atoms with Crippen molar-refractivity contribution in [1.29, 1.82) is 0 Å². The Balaban J connectivity index is 1.82. The molecule has 21 heavy (non-hydrogen) atoms. The Morgan fingerprint density at radius 2 is 2.38 bits per heavy atom. The topological polar surface area (TPSA) is 66.3 Å². The van der Waals surface area contributed by atoms with Crippen LogP contribution >= 0.6 is 0 Å². The number of aryl methyl sites for hydroxylation is 1. The predicted octanol–water partition coefficient (Wildman–Crippen LogP) is 2.10. The number of amides is 1. The van der Waals surface area contributed by atoms with Gasteiger partial charge in [-0.3, -0.25) is 10.3 Å². The van der Waals surface area contributed by atoms with Crippen molar-refractivity contribution < 1.29 is 9.53 Å². The zero-order chi connectivity index (χ0) is 14.7. The summed E-state index contributed by atoms with van der Waals surface area (Å²) in [7, 11) is 1.36. The molecule has 0 unspecified atom stereocenters. The molecule has 0 spiro atoms. The second-order valence-corrected chi connectivity index (χ2v) is 5.05. The van der Waals surface area contributed by atoms with Crippen LogP contribution in [0, 0.1) is 0 Å². The van der Waals surface area contributed by atoms with Gasteiger partial charge in [-0.2, -0.15) is 0 Å². The quantitative estimate of drug-likeness (QED) is 0.925. The molecule has 2 heterocycles. The van der Waals surface area contributed by atoms with Crippen LogP contribution < -0.4 is 10.2 Å². The number of carbonyl (C=O) groups is 1. The highest BCUT2D eigenvalue weighted by molar-refractivity contribution is 5.97. The number of hydrogen-bond acceptors (Lipinski definition) is 5. The van der Waals surface area contributed by atoms with Gasteiger partial charge in [0.25, 0.3) is 0 Å². The van der Waals surface area contributed by atoms with E-state index in [4.69, 9.17) is 0 Å². The third-order valence-corrected chi connectivity index (χ3v) is 3.66. The molecule has 0 saturated heterocycles. The fourth-order valence-electron chi connectivity index (χ4n) is 2.66. The number of amidine groups is 1. The van der Waals surface area contributed by atoms with Gasteiger partial charge in [-0.05, 0) is 30.5 Å². The maximum atomic E-state index is 11.3. The van der Waals surface area contributed by atoms with E-state index in [-0.39, 0.29) is 0 Å². The first-order valence-corrected chi connectivity index (χ1v) is 7.05. The minimum Gasteiger partial charge on any atom is -0.453 e. The minimum absolute atomic E-state index is 0.456. The Morgan fingerprint density at radius 3 is 3.14 bits per heavy atom. The van der Waals surface area contributed by atoms with Gasteiger partial charge in [0.15, 0.2) is 0 Å². The molecule has 110 valence electrons. The van der Waals surface area contributed by atoms with E-state index in [0.29, 0.717) is 13.1 Å². The van der Waals surface area contributed by atoms with Crippen molar-refractivity contribution >= 4 is 29.5 Å². The molecule has 1 aromatic rings. The van der Waals surface area contributed by atoms with Crippen LogP contribution in [0.3, 0.4) is 0 Å². The Morgan fingerprint density at radius 1 is 1.48 bits per heavy atom. The molecule has 6 nitrogen and oxygen atoms in total. The molecule has 1 amide bonds. The number of carbonyl (C=O) groups excluding carboxylic acids is 1. The first kappa shape index (κ1) is 13.6. The van der Waals surface area contributed by atoms with Gasteiger partial charge in [-0.25, -0.2) is 9.79 Å². The van der Waals surface area contributed by atoms with E-state index in [1.54, 1.807) is 0 Å². The van der Waals surface area contributed by atoms with Crippen molar-refractivity contribution in [2.75, 3.05) is 37.0 Å². The zero-order valence-corrected chi connectivity index (χ0v) is 12.0. The summed E-state index contributed by atoms with van der Waals surface area (Å²) in [5, 5.41) is 2.71. The normalized spacial score (nSPS) is 16.4. The van der Waals surface area contributed by atoms with Crippen LogP contribution in [-0.4, -0.2) is 44.9 Å². The highest BCUT2D eigenvalue weighted by atomic mass is 16.5. The lowest BCUT2D eigenvalue weighted by Crippen LogP contribution is -2.33. The van der Waals surface area contributed by atoms with Gasteiger partial charge in [-0.15, -0.1) is 0 Å². The number of nitrogens with zero attached hydrogens (tertiary/aromatic N) is 3. The molecular weight excluding hydrogens is 268 g/mol. The molecule has 0 aromatic heterocycles. The Hall–Kier alpha value is -2.37. The molecule has 1 aromatic carbocycles. The van der Waals surface area contributed by atoms with E-state index in [2.05, 4.69) is 31.0 Å². The first-order valence-electron chi connectivity index (χ1n) is 7.05. The lowest BCUT2D eigenvalue weighted by Gasteiger charge is -2.31. The lowest BCUT2D eigenvalue weighted by molar-refractivity contribution is 0.187. The summed E-state index contributed by atoms with van der Waals surface area (Å²) in [4.78, 5) is 22.2. The zero-order valence-electron chi connectivity index (χ0n) is 12.0. The van der Waals surface area contributed by atoms with Crippen LogP contribution in [0.4, 0.5) is 16.2 Å².